The third kappa shape index (κ3) is 4.38. The highest BCUT2D eigenvalue weighted by Crippen LogP contribution is 2.12. The van der Waals surface area contributed by atoms with E-state index in [-0.39, 0.29) is 11.6 Å². The van der Waals surface area contributed by atoms with Crippen molar-refractivity contribution < 1.29 is 0 Å². The molecule has 0 aliphatic carbocycles. The fraction of sp³-hybridized carbons (Fsp3) is 1.00. The van der Waals surface area contributed by atoms with E-state index in [1.54, 1.807) is 0 Å². The van der Waals surface area contributed by atoms with Crippen molar-refractivity contribution in [3.8, 4) is 0 Å². The second kappa shape index (κ2) is 4.07. The van der Waals surface area contributed by atoms with Crippen LogP contribution in [0.5, 0.6) is 0 Å². The van der Waals surface area contributed by atoms with Gasteiger partial charge in [0, 0.05) is 18.1 Å². The Morgan fingerprint density at radius 2 is 1.82 bits per heavy atom. The van der Waals surface area contributed by atoms with Crippen LogP contribution in [0.3, 0.4) is 0 Å². The highest BCUT2D eigenvalue weighted by molar-refractivity contribution is 4.77. The summed E-state index contributed by atoms with van der Waals surface area (Å²) in [5, 5.41) is 0. The molecule has 0 aromatic rings. The lowest BCUT2D eigenvalue weighted by Crippen LogP contribution is -2.46. The molecule has 68 valence electrons. The molecule has 1 unspecified atom stereocenters. The highest BCUT2D eigenvalue weighted by atomic mass is 15.2. The minimum atomic E-state index is 0.252. The molecule has 0 aliphatic heterocycles. The molecule has 1 atom stereocenters. The molecule has 0 saturated carbocycles. The molecule has 0 bridgehead atoms. The topological polar surface area (TPSA) is 29.3 Å². The maximum Gasteiger partial charge on any atom is 0.0139 e. The number of rotatable bonds is 3. The minimum Gasteiger partial charge on any atom is -0.327 e. The molecular formula is C9H22N2. The van der Waals surface area contributed by atoms with Gasteiger partial charge in [-0.15, -0.1) is 0 Å². The fourth-order valence-electron chi connectivity index (χ4n) is 1.22. The van der Waals surface area contributed by atoms with Crippen molar-refractivity contribution in [1.82, 2.24) is 4.90 Å². The lowest BCUT2D eigenvalue weighted by atomic mass is 10.1. The molecule has 0 fully saturated rings. The smallest absolute Gasteiger partial charge is 0.0139 e. The van der Waals surface area contributed by atoms with Crippen molar-refractivity contribution in [3.05, 3.63) is 0 Å². The molecule has 0 saturated heterocycles. The standard InChI is InChI=1S/C9H22N2/c1-6-11(7-8(2)10)9(3,4)5/h8H,6-7,10H2,1-5H3. The maximum atomic E-state index is 5.72. The van der Waals surface area contributed by atoms with Gasteiger partial charge >= 0.3 is 0 Å². The van der Waals surface area contributed by atoms with Crippen LogP contribution in [0.2, 0.25) is 0 Å². The van der Waals surface area contributed by atoms with Gasteiger partial charge in [0.2, 0.25) is 0 Å². The second-order valence-corrected chi connectivity index (χ2v) is 4.19. The maximum absolute atomic E-state index is 5.72. The highest BCUT2D eigenvalue weighted by Gasteiger charge is 2.19. The molecule has 0 aromatic carbocycles. The van der Waals surface area contributed by atoms with Gasteiger partial charge in [-0.2, -0.15) is 0 Å². The van der Waals surface area contributed by atoms with Gasteiger partial charge in [0.25, 0.3) is 0 Å². The summed E-state index contributed by atoms with van der Waals surface area (Å²) in [4.78, 5) is 2.39. The zero-order chi connectivity index (χ0) is 9.07. The fourth-order valence-corrected chi connectivity index (χ4v) is 1.22. The number of nitrogens with zero attached hydrogens (tertiary/aromatic N) is 1. The van der Waals surface area contributed by atoms with E-state index in [4.69, 9.17) is 5.73 Å². The molecule has 11 heavy (non-hydrogen) atoms. The number of nitrogens with two attached hydrogens (primary N) is 1. The molecular weight excluding hydrogens is 136 g/mol. The van der Waals surface area contributed by atoms with Crippen molar-refractivity contribution in [3.63, 3.8) is 0 Å². The largest absolute Gasteiger partial charge is 0.327 e. The lowest BCUT2D eigenvalue weighted by Gasteiger charge is -2.35. The van der Waals surface area contributed by atoms with Gasteiger partial charge in [0.1, 0.15) is 0 Å². The van der Waals surface area contributed by atoms with Crippen molar-refractivity contribution in [2.45, 2.75) is 46.2 Å². The normalized spacial score (nSPS) is 15.5. The quantitative estimate of drug-likeness (QED) is 0.673. The first-order chi connectivity index (χ1) is 4.88. The molecule has 2 heteroatoms. The Kier molecular flexibility index (Phi) is 4.04. The van der Waals surface area contributed by atoms with Crippen molar-refractivity contribution >= 4 is 0 Å². The van der Waals surface area contributed by atoms with E-state index in [9.17, 15) is 0 Å². The van der Waals surface area contributed by atoms with E-state index in [1.165, 1.54) is 0 Å². The summed E-state index contributed by atoms with van der Waals surface area (Å²) >= 11 is 0. The molecule has 0 radical (unpaired) electrons. The summed E-state index contributed by atoms with van der Waals surface area (Å²) in [6, 6.07) is 0.272. The number of hydrogen-bond donors (Lipinski definition) is 1. The monoisotopic (exact) mass is 158 g/mol. The van der Waals surface area contributed by atoms with Gasteiger partial charge in [-0.1, -0.05) is 6.92 Å². The van der Waals surface area contributed by atoms with Crippen molar-refractivity contribution in [2.75, 3.05) is 13.1 Å². The van der Waals surface area contributed by atoms with Gasteiger partial charge in [-0.25, -0.2) is 0 Å². The van der Waals surface area contributed by atoms with Gasteiger partial charge in [-0.3, -0.25) is 4.90 Å². The Bertz CT molecular complexity index is 103. The van der Waals surface area contributed by atoms with Crippen molar-refractivity contribution in [2.24, 2.45) is 5.73 Å². The van der Waals surface area contributed by atoms with Crippen LogP contribution in [0.1, 0.15) is 34.6 Å². The predicted octanol–water partition coefficient (Wildman–Crippen LogP) is 1.45. The Morgan fingerprint density at radius 1 is 1.36 bits per heavy atom. The molecule has 0 amide bonds. The van der Waals surface area contributed by atoms with Crippen LogP contribution in [-0.4, -0.2) is 29.6 Å². The summed E-state index contributed by atoms with van der Waals surface area (Å²) in [5.41, 5.74) is 5.98. The zero-order valence-corrected chi connectivity index (χ0v) is 8.52. The summed E-state index contributed by atoms with van der Waals surface area (Å²) in [6.07, 6.45) is 0. The molecule has 0 rings (SSSR count). The summed E-state index contributed by atoms with van der Waals surface area (Å²) in [5.74, 6) is 0. The van der Waals surface area contributed by atoms with E-state index in [1.807, 2.05) is 0 Å². The summed E-state index contributed by atoms with van der Waals surface area (Å²) in [7, 11) is 0. The van der Waals surface area contributed by atoms with Crippen LogP contribution < -0.4 is 5.73 Å². The first kappa shape index (κ1) is 10.9. The van der Waals surface area contributed by atoms with E-state index in [0.29, 0.717) is 0 Å². The Labute approximate surface area is 70.8 Å². The van der Waals surface area contributed by atoms with Gasteiger partial charge < -0.3 is 5.73 Å². The molecule has 0 aliphatic rings. The predicted molar refractivity (Wildman–Crippen MR) is 50.6 cm³/mol. The Balaban J connectivity index is 3.96. The molecule has 0 spiro atoms. The van der Waals surface area contributed by atoms with Gasteiger partial charge in [0.15, 0.2) is 0 Å². The van der Waals surface area contributed by atoms with Crippen LogP contribution >= 0.6 is 0 Å². The zero-order valence-electron chi connectivity index (χ0n) is 8.52. The van der Waals surface area contributed by atoms with Gasteiger partial charge in [0.05, 0.1) is 0 Å². The Morgan fingerprint density at radius 3 is 1.91 bits per heavy atom. The average molecular weight is 158 g/mol. The SMILES string of the molecule is CCN(CC(C)N)C(C)(C)C. The van der Waals surface area contributed by atoms with Crippen LogP contribution in [0.15, 0.2) is 0 Å². The third-order valence-corrected chi connectivity index (χ3v) is 1.84. The van der Waals surface area contributed by atoms with Crippen molar-refractivity contribution in [1.29, 1.82) is 0 Å². The first-order valence-electron chi connectivity index (χ1n) is 4.38. The first-order valence-corrected chi connectivity index (χ1v) is 4.38. The minimum absolute atomic E-state index is 0.252. The number of hydrogen-bond acceptors (Lipinski definition) is 2. The number of likely N-dealkylation sites (N-methyl/N-ethyl adjacent to an activating group) is 1. The summed E-state index contributed by atoms with van der Waals surface area (Å²) < 4.78 is 0. The van der Waals surface area contributed by atoms with E-state index in [2.05, 4.69) is 39.5 Å². The summed E-state index contributed by atoms with van der Waals surface area (Å²) in [6.45, 7) is 12.9. The van der Waals surface area contributed by atoms with Crippen LogP contribution in [-0.2, 0) is 0 Å². The third-order valence-electron chi connectivity index (χ3n) is 1.84. The van der Waals surface area contributed by atoms with E-state index < -0.39 is 0 Å². The molecule has 2 nitrogen and oxygen atoms in total. The van der Waals surface area contributed by atoms with Crippen LogP contribution in [0.25, 0.3) is 0 Å². The average Bonchev–Trinajstić information content (AvgIpc) is 1.79. The van der Waals surface area contributed by atoms with Crippen LogP contribution in [0.4, 0.5) is 0 Å². The molecule has 0 aromatic heterocycles. The van der Waals surface area contributed by atoms with E-state index >= 15 is 0 Å². The Hall–Kier alpha value is -0.0800. The second-order valence-electron chi connectivity index (χ2n) is 4.19. The van der Waals surface area contributed by atoms with Crippen LogP contribution in [0, 0.1) is 0 Å². The molecule has 0 heterocycles. The van der Waals surface area contributed by atoms with Gasteiger partial charge in [-0.05, 0) is 34.2 Å². The lowest BCUT2D eigenvalue weighted by molar-refractivity contribution is 0.138. The molecule has 2 N–H and O–H groups in total. The van der Waals surface area contributed by atoms with E-state index in [0.717, 1.165) is 13.1 Å².